The third kappa shape index (κ3) is 7.10. The van der Waals surface area contributed by atoms with Gasteiger partial charge < -0.3 is 29.6 Å². The Morgan fingerprint density at radius 1 is 0.886 bits per heavy atom. The monoisotopic (exact) mass is 475 g/mol. The number of nitrogens with zero attached hydrogens (tertiary/aromatic N) is 2. The van der Waals surface area contributed by atoms with Crippen LogP contribution in [0.2, 0.25) is 0 Å². The number of carboxylic acid groups (broad SMARTS) is 2. The van der Waals surface area contributed by atoms with E-state index in [1.165, 1.54) is 0 Å². The largest absolute Gasteiger partial charge is 0.497 e. The molecule has 4 aromatic rings. The first-order valence-corrected chi connectivity index (χ1v) is 10.6. The van der Waals surface area contributed by atoms with Crippen LogP contribution in [0, 0.1) is 0 Å². The van der Waals surface area contributed by atoms with E-state index in [4.69, 9.17) is 29.3 Å². The molecular weight excluding hydrogens is 450 g/mol. The highest BCUT2D eigenvalue weighted by atomic mass is 16.5. The van der Waals surface area contributed by atoms with Crippen molar-refractivity contribution >= 4 is 17.9 Å². The predicted octanol–water partition coefficient (Wildman–Crippen LogP) is 4.66. The molecule has 0 fully saturated rings. The number of carboxylic acids is 2. The van der Waals surface area contributed by atoms with Gasteiger partial charge in [-0.05, 0) is 54.1 Å². The van der Waals surface area contributed by atoms with E-state index in [1.54, 1.807) is 7.11 Å². The van der Waals surface area contributed by atoms with Gasteiger partial charge in [-0.1, -0.05) is 30.3 Å². The first-order valence-electron chi connectivity index (χ1n) is 10.6. The molecule has 0 saturated heterocycles. The zero-order valence-corrected chi connectivity index (χ0v) is 19.2. The van der Waals surface area contributed by atoms with Crippen molar-refractivity contribution in [2.24, 2.45) is 7.05 Å². The second-order valence-electron chi connectivity index (χ2n) is 7.28. The molecule has 9 heteroatoms. The first kappa shape index (κ1) is 24.8. The molecule has 0 aliphatic carbocycles. The molecule has 35 heavy (non-hydrogen) atoms. The number of anilines is 1. The number of hydrogen-bond acceptors (Lipinski definition) is 6. The Bertz CT molecular complexity index is 1260. The van der Waals surface area contributed by atoms with E-state index in [0.717, 1.165) is 40.0 Å². The van der Waals surface area contributed by atoms with Crippen LogP contribution in [0.25, 0.3) is 11.3 Å². The smallest absolute Gasteiger partial charge is 0.414 e. The molecule has 4 rings (SSSR count). The second kappa shape index (κ2) is 11.9. The Morgan fingerprint density at radius 3 is 2.17 bits per heavy atom. The normalized spacial score (nSPS) is 10.0. The van der Waals surface area contributed by atoms with Gasteiger partial charge in [0.2, 0.25) is 5.95 Å². The van der Waals surface area contributed by atoms with Crippen molar-refractivity contribution in [1.29, 1.82) is 0 Å². The van der Waals surface area contributed by atoms with E-state index in [-0.39, 0.29) is 0 Å². The van der Waals surface area contributed by atoms with Crippen LogP contribution >= 0.6 is 0 Å². The van der Waals surface area contributed by atoms with Gasteiger partial charge in [0.1, 0.15) is 17.2 Å². The topological polar surface area (TPSA) is 123 Å². The standard InChI is InChI=1S/C24H23N3O2.C2H2O4/c1-27-23(19-11-13-20(28-2)14-12-19)17-26-24(27)25-16-18-7-6-10-22(15-18)29-21-8-4-3-5-9-21;3-1(4)2(5)6/h3-15,17H,16H2,1-2H3,(H,25,26);(H,3,4)(H,5,6). The van der Waals surface area contributed by atoms with Crippen LogP contribution in [0.3, 0.4) is 0 Å². The van der Waals surface area contributed by atoms with Crippen LogP contribution in [-0.4, -0.2) is 38.8 Å². The lowest BCUT2D eigenvalue weighted by molar-refractivity contribution is -0.159. The predicted molar refractivity (Wildman–Crippen MR) is 131 cm³/mol. The molecule has 0 unspecified atom stereocenters. The molecule has 0 amide bonds. The quantitative estimate of drug-likeness (QED) is 0.330. The van der Waals surface area contributed by atoms with E-state index in [0.29, 0.717) is 6.54 Å². The molecule has 0 atom stereocenters. The van der Waals surface area contributed by atoms with Crippen molar-refractivity contribution in [2.75, 3.05) is 12.4 Å². The van der Waals surface area contributed by atoms with Crippen molar-refractivity contribution in [3.63, 3.8) is 0 Å². The third-order valence-corrected chi connectivity index (χ3v) is 4.88. The van der Waals surface area contributed by atoms with Gasteiger partial charge in [-0.15, -0.1) is 0 Å². The van der Waals surface area contributed by atoms with Crippen molar-refractivity contribution in [3.8, 4) is 28.5 Å². The summed E-state index contributed by atoms with van der Waals surface area (Å²) in [6.45, 7) is 0.652. The number of para-hydroxylation sites is 1. The molecule has 0 spiro atoms. The summed E-state index contributed by atoms with van der Waals surface area (Å²) in [6.07, 6.45) is 1.87. The maximum absolute atomic E-state index is 9.10. The number of carbonyl (C=O) groups is 2. The summed E-state index contributed by atoms with van der Waals surface area (Å²) in [5.41, 5.74) is 3.25. The third-order valence-electron chi connectivity index (χ3n) is 4.88. The van der Waals surface area contributed by atoms with E-state index >= 15 is 0 Å². The van der Waals surface area contributed by atoms with Crippen LogP contribution in [0.1, 0.15) is 5.56 Å². The molecule has 180 valence electrons. The van der Waals surface area contributed by atoms with Crippen molar-refractivity contribution in [3.05, 3.63) is 90.6 Å². The molecule has 0 saturated carbocycles. The summed E-state index contributed by atoms with van der Waals surface area (Å²) >= 11 is 0. The molecular formula is C26H25N3O6. The fourth-order valence-corrected chi connectivity index (χ4v) is 3.13. The Labute approximate surface area is 202 Å². The van der Waals surface area contributed by atoms with Gasteiger partial charge in [-0.2, -0.15) is 0 Å². The number of nitrogens with one attached hydrogen (secondary N) is 1. The number of aliphatic carboxylic acids is 2. The van der Waals surface area contributed by atoms with Crippen molar-refractivity contribution in [1.82, 2.24) is 9.55 Å². The summed E-state index contributed by atoms with van der Waals surface area (Å²) in [5.74, 6) is -0.359. The molecule has 1 aromatic heterocycles. The molecule has 9 nitrogen and oxygen atoms in total. The number of rotatable bonds is 7. The number of ether oxygens (including phenoxy) is 2. The molecule has 0 aliphatic rings. The molecule has 0 radical (unpaired) electrons. The fourth-order valence-electron chi connectivity index (χ4n) is 3.13. The lowest BCUT2D eigenvalue weighted by atomic mass is 10.1. The summed E-state index contributed by atoms with van der Waals surface area (Å²) in [6, 6.07) is 25.8. The average Bonchev–Trinajstić information content (AvgIpc) is 3.24. The Balaban J connectivity index is 0.000000509. The average molecular weight is 476 g/mol. The van der Waals surface area contributed by atoms with Crippen LogP contribution in [0.15, 0.2) is 85.1 Å². The maximum Gasteiger partial charge on any atom is 0.414 e. The number of benzene rings is 3. The lowest BCUT2D eigenvalue weighted by Gasteiger charge is -2.10. The van der Waals surface area contributed by atoms with Gasteiger partial charge in [0.05, 0.1) is 19.0 Å². The van der Waals surface area contributed by atoms with Crippen molar-refractivity contribution in [2.45, 2.75) is 6.54 Å². The Morgan fingerprint density at radius 2 is 1.54 bits per heavy atom. The van der Waals surface area contributed by atoms with E-state index in [9.17, 15) is 0 Å². The summed E-state index contributed by atoms with van der Waals surface area (Å²) in [5, 5.41) is 18.2. The summed E-state index contributed by atoms with van der Waals surface area (Å²) < 4.78 is 13.2. The number of imidazole rings is 1. The second-order valence-corrected chi connectivity index (χ2v) is 7.28. The number of hydrogen-bond donors (Lipinski definition) is 3. The van der Waals surface area contributed by atoms with E-state index < -0.39 is 11.9 Å². The van der Waals surface area contributed by atoms with Gasteiger partial charge in [0.25, 0.3) is 0 Å². The fraction of sp³-hybridized carbons (Fsp3) is 0.115. The molecule has 1 heterocycles. The van der Waals surface area contributed by atoms with E-state index in [1.807, 2.05) is 90.6 Å². The zero-order valence-electron chi connectivity index (χ0n) is 19.2. The maximum atomic E-state index is 9.10. The van der Waals surface area contributed by atoms with Crippen molar-refractivity contribution < 1.29 is 29.3 Å². The van der Waals surface area contributed by atoms with Gasteiger partial charge in [-0.3, -0.25) is 0 Å². The first-order chi connectivity index (χ1) is 16.9. The Hall–Kier alpha value is -4.79. The summed E-state index contributed by atoms with van der Waals surface area (Å²) in [7, 11) is 3.67. The highest BCUT2D eigenvalue weighted by Gasteiger charge is 2.09. The van der Waals surface area contributed by atoms with Gasteiger partial charge in [0.15, 0.2) is 0 Å². The van der Waals surface area contributed by atoms with Crippen LogP contribution in [-0.2, 0) is 23.2 Å². The SMILES string of the molecule is COc1ccc(-c2cnc(NCc3cccc(Oc4ccccc4)c3)n2C)cc1.O=C(O)C(=O)O. The lowest BCUT2D eigenvalue weighted by Crippen LogP contribution is -2.09. The van der Waals surface area contributed by atoms with E-state index in [2.05, 4.69) is 16.4 Å². The van der Waals surface area contributed by atoms with Crippen LogP contribution in [0.4, 0.5) is 5.95 Å². The molecule has 3 N–H and O–H groups in total. The van der Waals surface area contributed by atoms with Crippen LogP contribution in [0.5, 0.6) is 17.2 Å². The zero-order chi connectivity index (χ0) is 25.2. The minimum absolute atomic E-state index is 0.652. The minimum Gasteiger partial charge on any atom is -0.497 e. The molecule has 3 aromatic carbocycles. The molecule has 0 bridgehead atoms. The minimum atomic E-state index is -1.82. The summed E-state index contributed by atoms with van der Waals surface area (Å²) in [4.78, 5) is 22.7. The van der Waals surface area contributed by atoms with Crippen LogP contribution < -0.4 is 14.8 Å². The highest BCUT2D eigenvalue weighted by molar-refractivity contribution is 6.27. The number of aromatic nitrogens is 2. The van der Waals surface area contributed by atoms with Gasteiger partial charge in [-0.25, -0.2) is 14.6 Å². The molecule has 0 aliphatic heterocycles. The number of methoxy groups -OCH3 is 1. The van der Waals surface area contributed by atoms with Gasteiger partial charge >= 0.3 is 11.9 Å². The van der Waals surface area contributed by atoms with Gasteiger partial charge in [0, 0.05) is 19.2 Å². The Kier molecular flexibility index (Phi) is 8.44. The highest BCUT2D eigenvalue weighted by Crippen LogP contribution is 2.25.